The summed E-state index contributed by atoms with van der Waals surface area (Å²) in [5, 5.41) is 10.9. The minimum Gasteiger partial charge on any atom is -0.337 e. The largest absolute Gasteiger partial charge is 0.337 e. The second-order valence-corrected chi connectivity index (χ2v) is 8.12. The summed E-state index contributed by atoms with van der Waals surface area (Å²) in [4.78, 5) is 19.2. The Labute approximate surface area is 167 Å². The molecule has 1 aliphatic heterocycles. The Hall–Kier alpha value is -3.03. The number of amides is 1. The molecule has 7 nitrogen and oxygen atoms in total. The normalized spacial score (nSPS) is 18.7. The number of aromatic nitrogens is 4. The van der Waals surface area contributed by atoms with Crippen LogP contribution < -0.4 is 0 Å². The number of carbonyl (C=O) groups excluding carboxylic acids is 1. The molecule has 1 aromatic carbocycles. The smallest absolute Gasteiger partial charge is 0.271 e. The van der Waals surface area contributed by atoms with E-state index in [1.807, 2.05) is 4.90 Å². The Morgan fingerprint density at radius 1 is 1.21 bits per heavy atom. The molecule has 0 spiro atoms. The van der Waals surface area contributed by atoms with Crippen LogP contribution >= 0.6 is 0 Å². The molecule has 150 valence electrons. The summed E-state index contributed by atoms with van der Waals surface area (Å²) in [5.74, 6) is 1.48. The summed E-state index contributed by atoms with van der Waals surface area (Å²) in [5.41, 5.74) is 1.03. The highest BCUT2D eigenvalue weighted by Crippen LogP contribution is 2.46. The van der Waals surface area contributed by atoms with Crippen molar-refractivity contribution in [2.45, 2.75) is 37.5 Å². The summed E-state index contributed by atoms with van der Waals surface area (Å²) >= 11 is 0. The molecule has 2 aliphatic rings. The van der Waals surface area contributed by atoms with E-state index >= 15 is 0 Å². The third-order valence-corrected chi connectivity index (χ3v) is 6.11. The third-order valence-electron chi connectivity index (χ3n) is 6.11. The molecule has 1 aliphatic carbocycles. The van der Waals surface area contributed by atoms with Crippen LogP contribution in [0.1, 0.15) is 48.4 Å². The van der Waals surface area contributed by atoms with E-state index in [0.717, 1.165) is 19.3 Å². The number of nitrogens with one attached hydrogen (secondary N) is 1. The van der Waals surface area contributed by atoms with Gasteiger partial charge in [0, 0.05) is 30.3 Å². The zero-order valence-electron chi connectivity index (χ0n) is 16.0. The number of nitrogens with zero attached hydrogens (tertiary/aromatic N) is 4. The molecular weight excluding hydrogens is 373 g/mol. The first kappa shape index (κ1) is 18.0. The van der Waals surface area contributed by atoms with E-state index < -0.39 is 0 Å². The first-order valence-corrected chi connectivity index (χ1v) is 10.0. The van der Waals surface area contributed by atoms with E-state index in [4.69, 9.17) is 4.52 Å². The van der Waals surface area contributed by atoms with Gasteiger partial charge in [-0.25, -0.2) is 4.39 Å². The molecule has 0 unspecified atom stereocenters. The van der Waals surface area contributed by atoms with Crippen molar-refractivity contribution >= 4 is 5.91 Å². The lowest BCUT2D eigenvalue weighted by atomic mass is 9.73. The number of halogens is 1. The van der Waals surface area contributed by atoms with Crippen LogP contribution in [0.15, 0.2) is 41.1 Å². The first-order valence-electron chi connectivity index (χ1n) is 10.0. The number of piperidine rings is 1. The van der Waals surface area contributed by atoms with Gasteiger partial charge in [0.05, 0.1) is 0 Å². The fraction of sp³-hybridized carbons (Fsp3) is 0.429. The monoisotopic (exact) mass is 395 g/mol. The fourth-order valence-corrected chi connectivity index (χ4v) is 4.23. The maximum absolute atomic E-state index is 13.2. The van der Waals surface area contributed by atoms with Crippen molar-refractivity contribution in [3.63, 3.8) is 0 Å². The second kappa shape index (κ2) is 7.09. The van der Waals surface area contributed by atoms with Gasteiger partial charge >= 0.3 is 0 Å². The quantitative estimate of drug-likeness (QED) is 0.713. The predicted molar refractivity (Wildman–Crippen MR) is 102 cm³/mol. The highest BCUT2D eigenvalue weighted by molar-refractivity contribution is 5.92. The standard InChI is InChI=1S/C21H22FN5O2/c22-16-5-3-15(4-6-16)18-24-20(26-29-18)21(13-14-1-2-14)8-11-27(12-9-21)19(28)17-7-10-23-25-17/h3-7,10,14H,1-2,8-9,11-13H2,(H,23,25). The summed E-state index contributed by atoms with van der Waals surface area (Å²) in [6.07, 6.45) is 6.67. The summed E-state index contributed by atoms with van der Waals surface area (Å²) in [7, 11) is 0. The molecule has 5 rings (SSSR count). The van der Waals surface area contributed by atoms with Crippen LogP contribution in [0.25, 0.3) is 11.5 Å². The van der Waals surface area contributed by atoms with Gasteiger partial charge in [0.2, 0.25) is 0 Å². The number of carbonyl (C=O) groups is 1. The molecule has 1 amide bonds. The van der Waals surface area contributed by atoms with Gasteiger partial charge in [-0.3, -0.25) is 9.89 Å². The Morgan fingerprint density at radius 2 is 1.97 bits per heavy atom. The lowest BCUT2D eigenvalue weighted by Crippen LogP contribution is -2.46. The molecule has 3 heterocycles. The van der Waals surface area contributed by atoms with Crippen LogP contribution in [0.5, 0.6) is 0 Å². The average molecular weight is 395 g/mol. The zero-order valence-corrected chi connectivity index (χ0v) is 16.0. The lowest BCUT2D eigenvalue weighted by Gasteiger charge is -2.40. The Kier molecular flexibility index (Phi) is 4.41. The van der Waals surface area contributed by atoms with E-state index in [-0.39, 0.29) is 17.1 Å². The van der Waals surface area contributed by atoms with Gasteiger partial charge in [0.15, 0.2) is 5.82 Å². The van der Waals surface area contributed by atoms with E-state index in [0.29, 0.717) is 42.0 Å². The van der Waals surface area contributed by atoms with Crippen LogP contribution in [-0.4, -0.2) is 44.2 Å². The van der Waals surface area contributed by atoms with E-state index in [2.05, 4.69) is 20.3 Å². The molecule has 1 N–H and O–H groups in total. The summed E-state index contributed by atoms with van der Waals surface area (Å²) in [6.45, 7) is 1.29. The SMILES string of the molecule is O=C(c1ccn[nH]1)N1CCC(CC2CC2)(c2noc(-c3ccc(F)cc3)n2)CC1. The number of benzene rings is 1. The zero-order chi connectivity index (χ0) is 19.8. The van der Waals surface area contributed by atoms with Gasteiger partial charge < -0.3 is 9.42 Å². The number of likely N-dealkylation sites (tertiary alicyclic amines) is 1. The number of rotatable bonds is 5. The van der Waals surface area contributed by atoms with Gasteiger partial charge in [-0.15, -0.1) is 0 Å². The van der Waals surface area contributed by atoms with Crippen LogP contribution in [0.3, 0.4) is 0 Å². The Balaban J connectivity index is 1.37. The summed E-state index contributed by atoms with van der Waals surface area (Å²) < 4.78 is 18.7. The molecule has 29 heavy (non-hydrogen) atoms. The fourth-order valence-electron chi connectivity index (χ4n) is 4.23. The van der Waals surface area contributed by atoms with Crippen molar-refractivity contribution in [1.29, 1.82) is 0 Å². The Morgan fingerprint density at radius 3 is 2.62 bits per heavy atom. The minimum atomic E-state index is -0.298. The van der Waals surface area contributed by atoms with Crippen LogP contribution in [0, 0.1) is 11.7 Å². The van der Waals surface area contributed by atoms with Crippen molar-refractivity contribution < 1.29 is 13.7 Å². The molecule has 1 saturated carbocycles. The number of aromatic amines is 1. The predicted octanol–water partition coefficient (Wildman–Crippen LogP) is 3.57. The van der Waals surface area contributed by atoms with Gasteiger partial charge in [-0.05, 0) is 55.5 Å². The van der Waals surface area contributed by atoms with Crippen molar-refractivity contribution in [2.75, 3.05) is 13.1 Å². The van der Waals surface area contributed by atoms with Crippen LogP contribution in [0.4, 0.5) is 4.39 Å². The molecule has 8 heteroatoms. The topological polar surface area (TPSA) is 87.9 Å². The molecule has 0 bridgehead atoms. The maximum Gasteiger partial charge on any atom is 0.271 e. The van der Waals surface area contributed by atoms with E-state index in [9.17, 15) is 9.18 Å². The number of hydrogen-bond acceptors (Lipinski definition) is 5. The van der Waals surface area contributed by atoms with Crippen LogP contribution in [0.2, 0.25) is 0 Å². The third kappa shape index (κ3) is 3.54. The van der Waals surface area contributed by atoms with Crippen molar-refractivity contribution in [2.24, 2.45) is 5.92 Å². The molecule has 2 aromatic heterocycles. The number of H-pyrrole nitrogens is 1. The summed E-state index contributed by atoms with van der Waals surface area (Å²) in [6, 6.07) is 7.76. The molecule has 1 saturated heterocycles. The first-order chi connectivity index (χ1) is 14.1. The van der Waals surface area contributed by atoms with Gasteiger partial charge in [0.25, 0.3) is 11.8 Å². The van der Waals surface area contributed by atoms with Gasteiger partial charge in [-0.2, -0.15) is 10.1 Å². The highest BCUT2D eigenvalue weighted by Gasteiger charge is 2.45. The minimum absolute atomic E-state index is 0.0253. The molecular formula is C21H22FN5O2. The van der Waals surface area contributed by atoms with Crippen LogP contribution in [-0.2, 0) is 5.41 Å². The molecule has 0 radical (unpaired) electrons. The molecule has 0 atom stereocenters. The van der Waals surface area contributed by atoms with Gasteiger partial charge in [0.1, 0.15) is 11.5 Å². The molecule has 2 fully saturated rings. The van der Waals surface area contributed by atoms with Gasteiger partial charge in [-0.1, -0.05) is 18.0 Å². The van der Waals surface area contributed by atoms with E-state index in [1.54, 1.807) is 24.4 Å². The second-order valence-electron chi connectivity index (χ2n) is 8.12. The van der Waals surface area contributed by atoms with Crippen molar-refractivity contribution in [1.82, 2.24) is 25.2 Å². The van der Waals surface area contributed by atoms with Crippen molar-refractivity contribution in [3.05, 3.63) is 53.9 Å². The number of hydrogen-bond donors (Lipinski definition) is 1. The Bertz CT molecular complexity index is 987. The van der Waals surface area contributed by atoms with E-state index in [1.165, 1.54) is 25.0 Å². The average Bonchev–Trinajstić information content (AvgIpc) is 3.21. The van der Waals surface area contributed by atoms with Crippen molar-refractivity contribution in [3.8, 4) is 11.5 Å². The lowest BCUT2D eigenvalue weighted by molar-refractivity contribution is 0.0639. The maximum atomic E-state index is 13.2. The highest BCUT2D eigenvalue weighted by atomic mass is 19.1. The molecule has 3 aromatic rings.